The lowest BCUT2D eigenvalue weighted by Crippen LogP contribution is -2.05. The first-order chi connectivity index (χ1) is 19.7. The van der Waals surface area contributed by atoms with Gasteiger partial charge in [-0.05, 0) is 44.9 Å². The van der Waals surface area contributed by atoms with Gasteiger partial charge in [-0.1, -0.05) is 154 Å². The number of hydrogen-bond donors (Lipinski definition) is 1. The highest BCUT2D eigenvalue weighted by Gasteiger charge is 2.02. The number of carbonyl (C=O) groups excluding carboxylic acids is 1. The maximum atomic E-state index is 11.9. The largest absolute Gasteiger partial charge is 0.481 e. The Morgan fingerprint density at radius 2 is 0.825 bits per heavy atom. The summed E-state index contributed by atoms with van der Waals surface area (Å²) in [5.74, 6) is -0.670. The third-order valence-electron chi connectivity index (χ3n) is 7.94. The Balaban J connectivity index is 3.19. The summed E-state index contributed by atoms with van der Waals surface area (Å²) in [6, 6.07) is 0. The Kier molecular flexibility index (Phi) is 32.8. The van der Waals surface area contributed by atoms with E-state index in [0.717, 1.165) is 32.1 Å². The Morgan fingerprint density at radius 1 is 0.475 bits per heavy atom. The fraction of sp³-hybridized carbons (Fsp3) is 0.889. The Labute approximate surface area is 249 Å². The van der Waals surface area contributed by atoms with Crippen molar-refractivity contribution in [2.75, 3.05) is 6.61 Å². The maximum Gasteiger partial charge on any atom is 0.305 e. The predicted molar refractivity (Wildman–Crippen MR) is 172 cm³/mol. The molecule has 0 aliphatic heterocycles. The number of rotatable bonds is 33. The second kappa shape index (κ2) is 33.9. The molecule has 0 unspecified atom stereocenters. The lowest BCUT2D eigenvalue weighted by atomic mass is 10.0. The minimum Gasteiger partial charge on any atom is -0.481 e. The molecular weight excluding hydrogens is 496 g/mol. The highest BCUT2D eigenvalue weighted by Crippen LogP contribution is 2.14. The molecule has 0 amide bonds. The fourth-order valence-corrected chi connectivity index (χ4v) is 5.27. The summed E-state index contributed by atoms with van der Waals surface area (Å²) in [5, 5.41) is 8.62. The molecule has 0 saturated heterocycles. The van der Waals surface area contributed by atoms with Crippen LogP contribution in [0.5, 0.6) is 0 Å². The minimum atomic E-state index is -0.667. The van der Waals surface area contributed by atoms with E-state index in [4.69, 9.17) is 9.84 Å². The summed E-state index contributed by atoms with van der Waals surface area (Å²) in [7, 11) is 0. The molecule has 0 rings (SSSR count). The number of carboxylic acid groups (broad SMARTS) is 1. The minimum absolute atomic E-state index is 0.00388. The van der Waals surface area contributed by atoms with Crippen LogP contribution in [0.15, 0.2) is 12.2 Å². The van der Waals surface area contributed by atoms with Crippen LogP contribution in [0, 0.1) is 0 Å². The van der Waals surface area contributed by atoms with E-state index in [9.17, 15) is 9.59 Å². The van der Waals surface area contributed by atoms with E-state index in [0.29, 0.717) is 19.4 Å². The smallest absolute Gasteiger partial charge is 0.305 e. The molecule has 0 saturated carbocycles. The van der Waals surface area contributed by atoms with Crippen LogP contribution in [0.3, 0.4) is 0 Å². The third kappa shape index (κ3) is 34.7. The number of carbonyl (C=O) groups is 2. The van der Waals surface area contributed by atoms with Gasteiger partial charge in [-0.15, -0.1) is 0 Å². The van der Waals surface area contributed by atoms with Crippen molar-refractivity contribution in [1.82, 2.24) is 0 Å². The van der Waals surface area contributed by atoms with Gasteiger partial charge in [0.25, 0.3) is 0 Å². The molecule has 0 atom stereocenters. The summed E-state index contributed by atoms with van der Waals surface area (Å²) < 4.78 is 5.42. The number of allylic oxidation sites excluding steroid dienone is 2. The topological polar surface area (TPSA) is 63.6 Å². The number of hydrogen-bond acceptors (Lipinski definition) is 3. The number of unbranched alkanes of at least 4 members (excludes halogenated alkanes) is 25. The van der Waals surface area contributed by atoms with Crippen molar-refractivity contribution in [2.24, 2.45) is 0 Å². The van der Waals surface area contributed by atoms with Crippen LogP contribution in [0.1, 0.15) is 200 Å². The van der Waals surface area contributed by atoms with E-state index in [1.165, 1.54) is 148 Å². The van der Waals surface area contributed by atoms with Crippen LogP contribution in [-0.2, 0) is 14.3 Å². The van der Waals surface area contributed by atoms with Crippen LogP contribution in [0.4, 0.5) is 0 Å². The predicted octanol–water partition coefficient (Wildman–Crippen LogP) is 11.9. The SMILES string of the molecule is CCCCCCCC/C=C\CCCCCCCC(=O)OCCCCCCCCCCCCCCCCCC(=O)O. The molecule has 0 bridgehead atoms. The van der Waals surface area contributed by atoms with Crippen molar-refractivity contribution in [2.45, 2.75) is 200 Å². The number of carboxylic acids is 1. The van der Waals surface area contributed by atoms with Gasteiger partial charge in [0.05, 0.1) is 6.61 Å². The normalized spacial score (nSPS) is 11.4. The van der Waals surface area contributed by atoms with Crippen molar-refractivity contribution in [3.63, 3.8) is 0 Å². The van der Waals surface area contributed by atoms with Gasteiger partial charge < -0.3 is 9.84 Å². The van der Waals surface area contributed by atoms with E-state index in [1.54, 1.807) is 0 Å². The van der Waals surface area contributed by atoms with Gasteiger partial charge in [-0.25, -0.2) is 0 Å². The Morgan fingerprint density at radius 3 is 1.25 bits per heavy atom. The summed E-state index contributed by atoms with van der Waals surface area (Å²) >= 11 is 0. The molecule has 1 N–H and O–H groups in total. The molecule has 0 aromatic carbocycles. The van der Waals surface area contributed by atoms with Crippen molar-refractivity contribution in [3.05, 3.63) is 12.2 Å². The summed E-state index contributed by atoms with van der Waals surface area (Å²) in [6.45, 7) is 2.87. The average Bonchev–Trinajstić information content (AvgIpc) is 2.94. The molecule has 236 valence electrons. The highest BCUT2D eigenvalue weighted by atomic mass is 16.5. The number of esters is 1. The van der Waals surface area contributed by atoms with Crippen molar-refractivity contribution in [1.29, 1.82) is 0 Å². The van der Waals surface area contributed by atoms with Gasteiger partial charge >= 0.3 is 11.9 Å². The van der Waals surface area contributed by atoms with E-state index in [2.05, 4.69) is 19.1 Å². The van der Waals surface area contributed by atoms with Crippen LogP contribution in [0.25, 0.3) is 0 Å². The van der Waals surface area contributed by atoms with Crippen molar-refractivity contribution >= 4 is 11.9 Å². The van der Waals surface area contributed by atoms with Gasteiger partial charge in [-0.3, -0.25) is 9.59 Å². The van der Waals surface area contributed by atoms with Crippen molar-refractivity contribution in [3.8, 4) is 0 Å². The number of aliphatic carboxylic acids is 1. The van der Waals surface area contributed by atoms with E-state index >= 15 is 0 Å². The second-order valence-corrected chi connectivity index (χ2v) is 12.0. The lowest BCUT2D eigenvalue weighted by Gasteiger charge is -2.05. The zero-order chi connectivity index (χ0) is 29.2. The van der Waals surface area contributed by atoms with Crippen LogP contribution < -0.4 is 0 Å². The van der Waals surface area contributed by atoms with Crippen molar-refractivity contribution < 1.29 is 19.4 Å². The maximum absolute atomic E-state index is 11.9. The van der Waals surface area contributed by atoms with Gasteiger partial charge in [0.15, 0.2) is 0 Å². The molecule has 0 aromatic rings. The summed E-state index contributed by atoms with van der Waals surface area (Å²) in [5.41, 5.74) is 0. The number of ether oxygens (including phenoxy) is 1. The molecule has 0 spiro atoms. The molecule has 0 heterocycles. The third-order valence-corrected chi connectivity index (χ3v) is 7.94. The second-order valence-electron chi connectivity index (χ2n) is 12.0. The quantitative estimate of drug-likeness (QED) is 0.0489. The average molecular weight is 565 g/mol. The van der Waals surface area contributed by atoms with E-state index in [-0.39, 0.29) is 5.97 Å². The standard InChI is InChI=1S/C36H68O4/c1-2-3-4-5-6-7-8-9-11-15-18-21-24-27-30-33-36(39)40-34-31-28-25-22-19-16-13-10-12-14-17-20-23-26-29-32-35(37)38/h9,11H,2-8,10,12-34H2,1H3,(H,37,38)/b11-9-. The van der Waals surface area contributed by atoms with Crippen LogP contribution >= 0.6 is 0 Å². The highest BCUT2D eigenvalue weighted by molar-refractivity contribution is 5.69. The summed E-state index contributed by atoms with van der Waals surface area (Å²) in [6.07, 6.45) is 40.7. The zero-order valence-corrected chi connectivity index (χ0v) is 26.7. The molecule has 40 heavy (non-hydrogen) atoms. The molecule has 4 nitrogen and oxygen atoms in total. The first-order valence-electron chi connectivity index (χ1n) is 17.7. The first-order valence-corrected chi connectivity index (χ1v) is 17.7. The van der Waals surface area contributed by atoms with E-state index < -0.39 is 5.97 Å². The zero-order valence-electron chi connectivity index (χ0n) is 26.7. The Hall–Kier alpha value is -1.32. The van der Waals surface area contributed by atoms with Gasteiger partial charge in [-0.2, -0.15) is 0 Å². The van der Waals surface area contributed by atoms with Crippen LogP contribution in [-0.4, -0.2) is 23.7 Å². The molecule has 0 aliphatic rings. The molecule has 0 aromatic heterocycles. The molecule has 4 heteroatoms. The fourth-order valence-electron chi connectivity index (χ4n) is 5.27. The van der Waals surface area contributed by atoms with Gasteiger partial charge in [0.2, 0.25) is 0 Å². The Bertz CT molecular complexity index is 557. The van der Waals surface area contributed by atoms with E-state index in [1.807, 2.05) is 0 Å². The lowest BCUT2D eigenvalue weighted by molar-refractivity contribution is -0.144. The van der Waals surface area contributed by atoms with Gasteiger partial charge in [0.1, 0.15) is 0 Å². The van der Waals surface area contributed by atoms with Gasteiger partial charge in [0, 0.05) is 12.8 Å². The summed E-state index contributed by atoms with van der Waals surface area (Å²) in [4.78, 5) is 22.4. The monoisotopic (exact) mass is 565 g/mol. The molecule has 0 radical (unpaired) electrons. The first kappa shape index (κ1) is 38.7. The van der Waals surface area contributed by atoms with Crippen LogP contribution in [0.2, 0.25) is 0 Å². The molecule has 0 aliphatic carbocycles. The molecular formula is C36H68O4. The molecule has 0 fully saturated rings.